The Morgan fingerprint density at radius 3 is 2.80 bits per heavy atom. The number of fused-ring (bicyclic) bond motifs is 1. The van der Waals surface area contributed by atoms with E-state index in [1.54, 1.807) is 13.8 Å². The first-order valence-corrected chi connectivity index (χ1v) is 5.89. The summed E-state index contributed by atoms with van der Waals surface area (Å²) in [5, 5.41) is 10.1. The maximum Gasteiger partial charge on any atom is 0.157 e. The maximum atomic E-state index is 10.1. The van der Waals surface area contributed by atoms with Crippen molar-refractivity contribution < 1.29 is 9.84 Å². The second-order valence-corrected chi connectivity index (χ2v) is 5.60. The lowest BCUT2D eigenvalue weighted by molar-refractivity contribution is -0.123. The Labute approximate surface area is 103 Å². The van der Waals surface area contributed by atoms with Crippen LogP contribution in [0, 0.1) is 3.57 Å². The van der Waals surface area contributed by atoms with Crippen LogP contribution < -0.4 is 10.5 Å². The molecular formula is C11H14INO2. The first-order valence-electron chi connectivity index (χ1n) is 4.81. The van der Waals surface area contributed by atoms with Gasteiger partial charge in [0.15, 0.2) is 5.72 Å². The third-order valence-electron chi connectivity index (χ3n) is 2.91. The molecular weight excluding hydrogens is 305 g/mol. The van der Waals surface area contributed by atoms with Crippen molar-refractivity contribution in [2.75, 3.05) is 0 Å². The van der Waals surface area contributed by atoms with Crippen LogP contribution in [0.25, 0.3) is 0 Å². The predicted molar refractivity (Wildman–Crippen MR) is 66.7 cm³/mol. The van der Waals surface area contributed by atoms with Crippen LogP contribution in [0.15, 0.2) is 18.2 Å². The number of hydrogen-bond acceptors (Lipinski definition) is 3. The lowest BCUT2D eigenvalue weighted by Crippen LogP contribution is -2.63. The zero-order valence-electron chi connectivity index (χ0n) is 8.75. The quantitative estimate of drug-likeness (QED) is 0.565. The first-order chi connectivity index (χ1) is 6.83. The van der Waals surface area contributed by atoms with Gasteiger partial charge < -0.3 is 15.6 Å². The minimum atomic E-state index is -1.32. The van der Waals surface area contributed by atoms with Crippen LogP contribution in [0.1, 0.15) is 19.4 Å². The predicted octanol–water partition coefficient (Wildman–Crippen LogP) is 1.65. The number of para-hydroxylation sites is 1. The molecule has 1 unspecified atom stereocenters. The van der Waals surface area contributed by atoms with Crippen molar-refractivity contribution in [1.82, 2.24) is 0 Å². The molecule has 0 saturated heterocycles. The lowest BCUT2D eigenvalue weighted by atomic mass is 9.85. The standard InChI is InChI=1S/C11H14INO2/c1-10(2)11(13,14)6-7-4-3-5-8(12)9(7)15-10/h3-5,14H,6,13H2,1-2H3. The van der Waals surface area contributed by atoms with Crippen molar-refractivity contribution in [2.45, 2.75) is 31.6 Å². The van der Waals surface area contributed by atoms with E-state index >= 15 is 0 Å². The Bertz CT molecular complexity index is 402. The molecule has 15 heavy (non-hydrogen) atoms. The molecule has 3 nitrogen and oxygen atoms in total. The minimum absolute atomic E-state index is 0.423. The van der Waals surface area contributed by atoms with E-state index in [2.05, 4.69) is 22.6 Å². The summed E-state index contributed by atoms with van der Waals surface area (Å²) < 4.78 is 6.83. The van der Waals surface area contributed by atoms with Gasteiger partial charge in [-0.1, -0.05) is 12.1 Å². The second-order valence-electron chi connectivity index (χ2n) is 4.44. The molecule has 1 atom stereocenters. The van der Waals surface area contributed by atoms with Gasteiger partial charge in [0.2, 0.25) is 0 Å². The zero-order valence-corrected chi connectivity index (χ0v) is 10.9. The van der Waals surface area contributed by atoms with E-state index in [9.17, 15) is 5.11 Å². The molecule has 2 rings (SSSR count). The second kappa shape index (κ2) is 3.33. The summed E-state index contributed by atoms with van der Waals surface area (Å²) >= 11 is 2.22. The van der Waals surface area contributed by atoms with Crippen molar-refractivity contribution >= 4 is 22.6 Å². The van der Waals surface area contributed by atoms with Gasteiger partial charge in [-0.25, -0.2) is 0 Å². The largest absolute Gasteiger partial charge is 0.482 e. The van der Waals surface area contributed by atoms with Gasteiger partial charge in [0.05, 0.1) is 3.57 Å². The van der Waals surface area contributed by atoms with E-state index in [4.69, 9.17) is 10.5 Å². The van der Waals surface area contributed by atoms with Gasteiger partial charge in [-0.15, -0.1) is 0 Å². The highest BCUT2D eigenvalue weighted by Crippen LogP contribution is 2.39. The van der Waals surface area contributed by atoms with Gasteiger partial charge in [0, 0.05) is 6.42 Å². The van der Waals surface area contributed by atoms with Crippen LogP contribution in [0.5, 0.6) is 5.75 Å². The number of nitrogens with two attached hydrogens (primary N) is 1. The van der Waals surface area contributed by atoms with Crippen molar-refractivity contribution in [2.24, 2.45) is 5.73 Å². The van der Waals surface area contributed by atoms with Gasteiger partial charge in [-0.3, -0.25) is 0 Å². The van der Waals surface area contributed by atoms with E-state index in [1.165, 1.54) is 0 Å². The van der Waals surface area contributed by atoms with Crippen molar-refractivity contribution in [3.63, 3.8) is 0 Å². The van der Waals surface area contributed by atoms with Gasteiger partial charge in [-0.2, -0.15) is 0 Å². The molecule has 0 amide bonds. The lowest BCUT2D eigenvalue weighted by Gasteiger charge is -2.44. The molecule has 1 heterocycles. The highest BCUT2D eigenvalue weighted by Gasteiger charge is 2.46. The van der Waals surface area contributed by atoms with Crippen molar-refractivity contribution in [3.05, 3.63) is 27.3 Å². The molecule has 0 spiro atoms. The normalized spacial score (nSPS) is 28.1. The molecule has 0 fully saturated rings. The Morgan fingerprint density at radius 2 is 2.13 bits per heavy atom. The summed E-state index contributed by atoms with van der Waals surface area (Å²) in [6.45, 7) is 3.61. The number of halogens is 1. The Hall–Kier alpha value is -0.330. The van der Waals surface area contributed by atoms with Gasteiger partial charge in [-0.05, 0) is 48.1 Å². The minimum Gasteiger partial charge on any atom is -0.482 e. The van der Waals surface area contributed by atoms with Crippen molar-refractivity contribution in [3.8, 4) is 5.75 Å². The first kappa shape index (κ1) is 11.2. The Balaban J connectivity index is 2.52. The van der Waals surface area contributed by atoms with Crippen LogP contribution >= 0.6 is 22.6 Å². The fourth-order valence-corrected chi connectivity index (χ4v) is 2.32. The summed E-state index contributed by atoms with van der Waals surface area (Å²) in [4.78, 5) is 0. The highest BCUT2D eigenvalue weighted by molar-refractivity contribution is 14.1. The van der Waals surface area contributed by atoms with E-state index in [1.807, 2.05) is 18.2 Å². The molecule has 1 aromatic rings. The topological polar surface area (TPSA) is 55.5 Å². The van der Waals surface area contributed by atoms with Crippen LogP contribution in [0.2, 0.25) is 0 Å². The van der Waals surface area contributed by atoms with Gasteiger partial charge >= 0.3 is 0 Å². The summed E-state index contributed by atoms with van der Waals surface area (Å²) in [5.41, 5.74) is 4.74. The average molecular weight is 319 g/mol. The zero-order chi connectivity index (χ0) is 11.3. The third-order valence-corrected chi connectivity index (χ3v) is 3.76. The molecule has 1 aliphatic heterocycles. The van der Waals surface area contributed by atoms with Crippen LogP contribution in [-0.2, 0) is 6.42 Å². The summed E-state index contributed by atoms with van der Waals surface area (Å²) in [6.07, 6.45) is 0.423. The van der Waals surface area contributed by atoms with E-state index in [0.717, 1.165) is 14.9 Å². The maximum absolute atomic E-state index is 10.1. The molecule has 0 aliphatic carbocycles. The number of rotatable bonds is 0. The molecule has 0 bridgehead atoms. The van der Waals surface area contributed by atoms with Crippen LogP contribution in [0.3, 0.4) is 0 Å². The number of hydrogen-bond donors (Lipinski definition) is 2. The van der Waals surface area contributed by atoms with Gasteiger partial charge in [0.25, 0.3) is 0 Å². The van der Waals surface area contributed by atoms with Crippen LogP contribution in [-0.4, -0.2) is 16.4 Å². The average Bonchev–Trinajstić information content (AvgIpc) is 2.08. The van der Waals surface area contributed by atoms with E-state index < -0.39 is 11.3 Å². The van der Waals surface area contributed by atoms with Crippen LogP contribution in [0.4, 0.5) is 0 Å². The summed E-state index contributed by atoms with van der Waals surface area (Å²) in [6, 6.07) is 5.86. The highest BCUT2D eigenvalue weighted by atomic mass is 127. The molecule has 0 aromatic heterocycles. The fraction of sp³-hybridized carbons (Fsp3) is 0.455. The van der Waals surface area contributed by atoms with E-state index in [-0.39, 0.29) is 0 Å². The molecule has 1 aliphatic rings. The summed E-state index contributed by atoms with van der Waals surface area (Å²) in [7, 11) is 0. The monoisotopic (exact) mass is 319 g/mol. The van der Waals surface area contributed by atoms with Crippen molar-refractivity contribution in [1.29, 1.82) is 0 Å². The molecule has 0 saturated carbocycles. The SMILES string of the molecule is CC1(C)Oc2c(I)cccc2CC1(N)O. The number of aliphatic hydroxyl groups is 1. The smallest absolute Gasteiger partial charge is 0.157 e. The van der Waals surface area contributed by atoms with Gasteiger partial charge in [0.1, 0.15) is 11.4 Å². The third kappa shape index (κ3) is 1.74. The molecule has 3 N–H and O–H groups in total. The molecule has 82 valence electrons. The molecule has 0 radical (unpaired) electrons. The summed E-state index contributed by atoms with van der Waals surface area (Å²) in [5.74, 6) is 0.846. The Morgan fingerprint density at radius 1 is 1.47 bits per heavy atom. The number of benzene rings is 1. The molecule has 1 aromatic carbocycles. The molecule has 4 heteroatoms. The van der Waals surface area contributed by atoms with E-state index in [0.29, 0.717) is 6.42 Å². The fourth-order valence-electron chi connectivity index (χ4n) is 1.65. The Kier molecular flexibility index (Phi) is 2.48. The number of ether oxygens (including phenoxy) is 1.